The molecule has 2 heterocycles. The van der Waals surface area contributed by atoms with E-state index in [0.29, 0.717) is 5.69 Å². The van der Waals surface area contributed by atoms with Crippen molar-refractivity contribution >= 4 is 29.3 Å². The third kappa shape index (κ3) is 5.04. The minimum Gasteiger partial charge on any atom is -0.368 e. The van der Waals surface area contributed by atoms with E-state index in [2.05, 4.69) is 25.6 Å². The van der Waals surface area contributed by atoms with Crippen LogP contribution in [0.5, 0.6) is 0 Å². The molecule has 10 nitrogen and oxygen atoms in total. The number of nitrogens with one attached hydrogen (secondary N) is 3. The number of rotatable bonds is 8. The Labute approximate surface area is 178 Å². The Bertz CT molecular complexity index is 1160. The second-order valence-electron chi connectivity index (χ2n) is 7.19. The summed E-state index contributed by atoms with van der Waals surface area (Å²) >= 11 is 0. The van der Waals surface area contributed by atoms with Gasteiger partial charge >= 0.3 is 0 Å². The number of nitrogens with two attached hydrogens (primary N) is 2. The van der Waals surface area contributed by atoms with E-state index < -0.39 is 23.4 Å². The standard InChI is InChI=1S/C21H23N7O3/c1-11(2)16(18(23)30)26-21-27-19(15(17(22)29)20(31)28-21)25-13-7-5-6-12(10-13)14-8-3-4-9-24-14/h3-11,16H,1-2H3,(H2,22,29)(H2,23,30)(H3,25,26,27,28,31)/t16-/m1/s1. The Hall–Kier alpha value is -4.21. The number of primary amides is 2. The van der Waals surface area contributed by atoms with Crippen molar-refractivity contribution in [3.63, 3.8) is 0 Å². The van der Waals surface area contributed by atoms with Crippen LogP contribution in [0, 0.1) is 5.92 Å². The van der Waals surface area contributed by atoms with Gasteiger partial charge in [0.25, 0.3) is 11.5 Å². The maximum Gasteiger partial charge on any atom is 0.267 e. The maximum atomic E-state index is 12.5. The molecular formula is C21H23N7O3. The summed E-state index contributed by atoms with van der Waals surface area (Å²) in [5.41, 5.74) is 11.9. The number of pyridine rings is 1. The Balaban J connectivity index is 2.00. The summed E-state index contributed by atoms with van der Waals surface area (Å²) < 4.78 is 0. The number of hydrogen-bond donors (Lipinski definition) is 5. The first-order chi connectivity index (χ1) is 14.8. The van der Waals surface area contributed by atoms with Crippen LogP contribution in [-0.4, -0.2) is 32.8 Å². The van der Waals surface area contributed by atoms with Crippen molar-refractivity contribution in [2.75, 3.05) is 10.6 Å². The summed E-state index contributed by atoms with van der Waals surface area (Å²) in [5, 5.41) is 5.77. The van der Waals surface area contributed by atoms with Crippen molar-refractivity contribution < 1.29 is 9.59 Å². The molecule has 2 aromatic heterocycles. The van der Waals surface area contributed by atoms with Crippen LogP contribution < -0.4 is 27.7 Å². The molecule has 2 amide bonds. The lowest BCUT2D eigenvalue weighted by Crippen LogP contribution is -2.40. The maximum absolute atomic E-state index is 12.5. The van der Waals surface area contributed by atoms with Crippen LogP contribution in [0.15, 0.2) is 53.5 Å². The fourth-order valence-electron chi connectivity index (χ4n) is 3.00. The lowest BCUT2D eigenvalue weighted by Gasteiger charge is -2.20. The second kappa shape index (κ2) is 9.08. The summed E-state index contributed by atoms with van der Waals surface area (Å²) in [5.74, 6) is -1.78. The van der Waals surface area contributed by atoms with Crippen molar-refractivity contribution in [1.82, 2.24) is 15.0 Å². The number of benzene rings is 1. The highest BCUT2D eigenvalue weighted by Crippen LogP contribution is 2.24. The molecule has 1 aromatic carbocycles. The zero-order valence-corrected chi connectivity index (χ0v) is 17.0. The van der Waals surface area contributed by atoms with Gasteiger partial charge in [-0.25, -0.2) is 0 Å². The van der Waals surface area contributed by atoms with Crippen molar-refractivity contribution in [2.24, 2.45) is 17.4 Å². The lowest BCUT2D eigenvalue weighted by atomic mass is 10.0. The van der Waals surface area contributed by atoms with E-state index in [1.165, 1.54) is 0 Å². The molecule has 0 radical (unpaired) electrons. The molecule has 3 aromatic rings. The van der Waals surface area contributed by atoms with Crippen LogP contribution in [-0.2, 0) is 4.79 Å². The molecule has 7 N–H and O–H groups in total. The van der Waals surface area contributed by atoms with Gasteiger partial charge in [-0.3, -0.25) is 24.4 Å². The lowest BCUT2D eigenvalue weighted by molar-refractivity contribution is -0.119. The molecule has 0 saturated heterocycles. The number of H-pyrrole nitrogens is 1. The van der Waals surface area contributed by atoms with Gasteiger partial charge in [0.1, 0.15) is 11.6 Å². The third-order valence-corrected chi connectivity index (χ3v) is 4.52. The zero-order valence-electron chi connectivity index (χ0n) is 17.0. The molecule has 0 aliphatic carbocycles. The van der Waals surface area contributed by atoms with Crippen LogP contribution in [0.3, 0.4) is 0 Å². The third-order valence-electron chi connectivity index (χ3n) is 4.52. The molecule has 160 valence electrons. The smallest absolute Gasteiger partial charge is 0.267 e. The minimum atomic E-state index is -0.945. The zero-order chi connectivity index (χ0) is 22.5. The molecule has 3 rings (SSSR count). The van der Waals surface area contributed by atoms with Gasteiger partial charge in [-0.2, -0.15) is 4.98 Å². The predicted octanol–water partition coefficient (Wildman–Crippen LogP) is 1.60. The highest BCUT2D eigenvalue weighted by molar-refractivity contribution is 5.98. The van der Waals surface area contributed by atoms with Crippen molar-refractivity contribution in [2.45, 2.75) is 19.9 Å². The number of hydrogen-bond acceptors (Lipinski definition) is 7. The Morgan fingerprint density at radius 1 is 1.10 bits per heavy atom. The molecule has 0 fully saturated rings. The van der Waals surface area contributed by atoms with E-state index in [9.17, 15) is 14.4 Å². The minimum absolute atomic E-state index is 0.0177. The Morgan fingerprint density at radius 3 is 2.48 bits per heavy atom. The summed E-state index contributed by atoms with van der Waals surface area (Å²) in [4.78, 5) is 47.1. The SMILES string of the molecule is CC(C)[C@@H](Nc1nc(Nc2cccc(-c3ccccn3)c2)c(C(N)=O)c(=O)[nH]1)C(N)=O. The summed E-state index contributed by atoms with van der Waals surface area (Å²) in [6, 6.07) is 12.0. The van der Waals surface area contributed by atoms with Crippen LogP contribution in [0.2, 0.25) is 0 Å². The largest absolute Gasteiger partial charge is 0.368 e. The van der Waals surface area contributed by atoms with E-state index in [-0.39, 0.29) is 23.2 Å². The fraction of sp³-hybridized carbons (Fsp3) is 0.190. The summed E-state index contributed by atoms with van der Waals surface area (Å²) in [7, 11) is 0. The first kappa shape index (κ1) is 21.5. The number of carbonyl (C=O) groups is 2. The molecule has 0 saturated carbocycles. The second-order valence-corrected chi connectivity index (χ2v) is 7.19. The van der Waals surface area contributed by atoms with E-state index in [1.54, 1.807) is 38.2 Å². The molecule has 0 aliphatic rings. The molecule has 1 atom stereocenters. The van der Waals surface area contributed by atoms with Gasteiger partial charge in [0.2, 0.25) is 11.9 Å². The molecule has 0 bridgehead atoms. The van der Waals surface area contributed by atoms with Gasteiger partial charge in [0, 0.05) is 17.4 Å². The first-order valence-corrected chi connectivity index (χ1v) is 9.54. The van der Waals surface area contributed by atoms with Crippen LogP contribution in [0.1, 0.15) is 24.2 Å². The Morgan fingerprint density at radius 2 is 1.87 bits per heavy atom. The first-order valence-electron chi connectivity index (χ1n) is 9.54. The van der Waals surface area contributed by atoms with Crippen LogP contribution >= 0.6 is 0 Å². The van der Waals surface area contributed by atoms with E-state index in [1.807, 2.05) is 24.3 Å². The molecule has 0 aliphatic heterocycles. The highest BCUT2D eigenvalue weighted by atomic mass is 16.2. The number of amides is 2. The van der Waals surface area contributed by atoms with Gasteiger partial charge in [-0.15, -0.1) is 0 Å². The highest BCUT2D eigenvalue weighted by Gasteiger charge is 2.22. The van der Waals surface area contributed by atoms with Crippen LogP contribution in [0.4, 0.5) is 17.5 Å². The van der Waals surface area contributed by atoms with Gasteiger partial charge in [0.15, 0.2) is 5.82 Å². The average Bonchev–Trinajstić information content (AvgIpc) is 2.72. The van der Waals surface area contributed by atoms with Gasteiger partial charge in [0.05, 0.1) is 5.69 Å². The predicted molar refractivity (Wildman–Crippen MR) is 118 cm³/mol. The monoisotopic (exact) mass is 421 g/mol. The number of aromatic amines is 1. The number of anilines is 3. The average molecular weight is 421 g/mol. The fourth-order valence-corrected chi connectivity index (χ4v) is 3.00. The topological polar surface area (TPSA) is 169 Å². The quantitative estimate of drug-likeness (QED) is 0.368. The van der Waals surface area contributed by atoms with Gasteiger partial charge < -0.3 is 22.1 Å². The van der Waals surface area contributed by atoms with E-state index in [0.717, 1.165) is 11.3 Å². The number of nitrogens with zero attached hydrogens (tertiary/aromatic N) is 2. The number of carbonyl (C=O) groups excluding carboxylic acids is 2. The molecule has 0 unspecified atom stereocenters. The summed E-state index contributed by atoms with van der Waals surface area (Å²) in [6.45, 7) is 3.58. The normalized spacial score (nSPS) is 11.7. The van der Waals surface area contributed by atoms with Gasteiger partial charge in [-0.1, -0.05) is 32.0 Å². The molecular weight excluding hydrogens is 398 g/mol. The molecule has 0 spiro atoms. The van der Waals surface area contributed by atoms with Crippen LogP contribution in [0.25, 0.3) is 11.3 Å². The van der Waals surface area contributed by atoms with Crippen molar-refractivity contribution in [3.05, 3.63) is 64.6 Å². The van der Waals surface area contributed by atoms with Crippen molar-refractivity contribution in [3.8, 4) is 11.3 Å². The number of aromatic nitrogens is 3. The summed E-state index contributed by atoms with van der Waals surface area (Å²) in [6.07, 6.45) is 1.68. The molecule has 10 heteroatoms. The Kier molecular flexibility index (Phi) is 6.29. The van der Waals surface area contributed by atoms with E-state index >= 15 is 0 Å². The van der Waals surface area contributed by atoms with Crippen molar-refractivity contribution in [1.29, 1.82) is 0 Å². The molecule has 31 heavy (non-hydrogen) atoms. The van der Waals surface area contributed by atoms with Gasteiger partial charge in [-0.05, 0) is 30.2 Å². The van der Waals surface area contributed by atoms with E-state index in [4.69, 9.17) is 11.5 Å².